The third-order valence-corrected chi connectivity index (χ3v) is 4.31. The van der Waals surface area contributed by atoms with Gasteiger partial charge in [-0.05, 0) is 68.6 Å². The van der Waals surface area contributed by atoms with Crippen LogP contribution in [0.4, 0.5) is 10.5 Å². The molecule has 2 amide bonds. The van der Waals surface area contributed by atoms with Crippen LogP contribution >= 0.6 is 11.9 Å². The number of hydrogen-bond donors (Lipinski definition) is 3. The molecule has 2 aromatic carbocycles. The standard InChI is InChI=1S/C22H27N3O3S/c1-22(2,3)28-21(27)24-16-15-23-20(26)14-11-17-9-12-18(13-10-17)25-29-19-7-5-4-6-8-19/h4-14,25H,15-16H2,1-3H3,(H,23,26)(H,24,27)/b14-11+. The molecule has 29 heavy (non-hydrogen) atoms. The van der Waals surface area contributed by atoms with Gasteiger partial charge in [0.1, 0.15) is 5.60 Å². The molecule has 0 saturated carbocycles. The Morgan fingerprint density at radius 3 is 2.28 bits per heavy atom. The SMILES string of the molecule is CC(C)(C)OC(=O)NCCNC(=O)/C=C/c1ccc(NSc2ccccc2)cc1. The number of hydrogen-bond acceptors (Lipinski definition) is 5. The van der Waals surface area contributed by atoms with E-state index >= 15 is 0 Å². The van der Waals surface area contributed by atoms with E-state index in [0.717, 1.165) is 16.1 Å². The topological polar surface area (TPSA) is 79.5 Å². The van der Waals surface area contributed by atoms with E-state index in [1.807, 2.05) is 54.6 Å². The van der Waals surface area contributed by atoms with E-state index in [1.165, 1.54) is 6.08 Å². The van der Waals surface area contributed by atoms with E-state index in [1.54, 1.807) is 38.8 Å². The highest BCUT2D eigenvalue weighted by molar-refractivity contribution is 8.00. The number of anilines is 1. The lowest BCUT2D eigenvalue weighted by Crippen LogP contribution is -2.37. The van der Waals surface area contributed by atoms with E-state index in [4.69, 9.17) is 4.74 Å². The molecule has 0 heterocycles. The predicted molar refractivity (Wildman–Crippen MR) is 119 cm³/mol. The van der Waals surface area contributed by atoms with Crippen molar-refractivity contribution in [2.24, 2.45) is 0 Å². The Hall–Kier alpha value is -2.93. The van der Waals surface area contributed by atoms with Crippen molar-refractivity contribution in [3.05, 3.63) is 66.2 Å². The summed E-state index contributed by atoms with van der Waals surface area (Å²) in [7, 11) is 0. The Balaban J connectivity index is 1.68. The average Bonchev–Trinajstić information content (AvgIpc) is 2.68. The molecule has 0 unspecified atom stereocenters. The summed E-state index contributed by atoms with van der Waals surface area (Å²) in [4.78, 5) is 24.5. The fourth-order valence-electron chi connectivity index (χ4n) is 2.16. The fraction of sp³-hybridized carbons (Fsp3) is 0.273. The van der Waals surface area contributed by atoms with Crippen molar-refractivity contribution < 1.29 is 14.3 Å². The van der Waals surface area contributed by atoms with Crippen LogP contribution in [0.2, 0.25) is 0 Å². The molecule has 3 N–H and O–H groups in total. The Morgan fingerprint density at radius 1 is 0.966 bits per heavy atom. The van der Waals surface area contributed by atoms with E-state index in [9.17, 15) is 9.59 Å². The maximum absolute atomic E-state index is 11.9. The van der Waals surface area contributed by atoms with Crippen molar-refractivity contribution in [3.8, 4) is 0 Å². The maximum atomic E-state index is 11.9. The first-order chi connectivity index (χ1) is 13.8. The monoisotopic (exact) mass is 413 g/mol. The number of alkyl carbamates (subject to hydrolysis) is 1. The molecule has 6 nitrogen and oxygen atoms in total. The van der Waals surface area contributed by atoms with Crippen LogP contribution in [0.1, 0.15) is 26.3 Å². The minimum atomic E-state index is -0.540. The van der Waals surface area contributed by atoms with Crippen LogP contribution in [0.25, 0.3) is 6.08 Å². The molecule has 0 bridgehead atoms. The number of carbonyl (C=O) groups excluding carboxylic acids is 2. The van der Waals surface area contributed by atoms with E-state index in [-0.39, 0.29) is 5.91 Å². The molecule has 0 atom stereocenters. The molecule has 0 saturated heterocycles. The van der Waals surface area contributed by atoms with E-state index in [0.29, 0.717) is 13.1 Å². The van der Waals surface area contributed by atoms with Crippen molar-refractivity contribution in [1.29, 1.82) is 0 Å². The van der Waals surface area contributed by atoms with Gasteiger partial charge in [-0.1, -0.05) is 30.3 Å². The molecule has 0 aliphatic heterocycles. The van der Waals surface area contributed by atoms with E-state index < -0.39 is 11.7 Å². The number of amides is 2. The lowest BCUT2D eigenvalue weighted by atomic mass is 10.2. The first-order valence-electron chi connectivity index (χ1n) is 9.32. The third-order valence-electron chi connectivity index (χ3n) is 3.46. The minimum absolute atomic E-state index is 0.224. The van der Waals surface area contributed by atoms with Gasteiger partial charge in [-0.2, -0.15) is 0 Å². The van der Waals surface area contributed by atoms with Crippen molar-refractivity contribution in [1.82, 2.24) is 10.6 Å². The number of rotatable bonds is 8. The van der Waals surface area contributed by atoms with Gasteiger partial charge in [0.25, 0.3) is 0 Å². The van der Waals surface area contributed by atoms with Gasteiger partial charge in [0.15, 0.2) is 0 Å². The second-order valence-corrected chi connectivity index (χ2v) is 8.07. The Labute approximate surface area is 176 Å². The van der Waals surface area contributed by atoms with Crippen LogP contribution in [0.5, 0.6) is 0 Å². The third kappa shape index (κ3) is 9.71. The number of nitrogens with one attached hydrogen (secondary N) is 3. The molecular weight excluding hydrogens is 386 g/mol. The predicted octanol–water partition coefficient (Wildman–Crippen LogP) is 4.46. The van der Waals surface area contributed by atoms with Gasteiger partial charge in [0.2, 0.25) is 5.91 Å². The molecule has 0 aromatic heterocycles. The van der Waals surface area contributed by atoms with Gasteiger partial charge in [0, 0.05) is 29.7 Å². The number of benzene rings is 2. The lowest BCUT2D eigenvalue weighted by Gasteiger charge is -2.19. The summed E-state index contributed by atoms with van der Waals surface area (Å²) in [6.45, 7) is 6.01. The lowest BCUT2D eigenvalue weighted by molar-refractivity contribution is -0.116. The van der Waals surface area contributed by atoms with Crippen LogP contribution in [-0.2, 0) is 9.53 Å². The molecule has 0 aliphatic carbocycles. The summed E-state index contributed by atoms with van der Waals surface area (Å²) < 4.78 is 8.40. The Kier molecular flexibility index (Phi) is 8.61. The van der Waals surface area contributed by atoms with Gasteiger partial charge in [-0.25, -0.2) is 4.79 Å². The summed E-state index contributed by atoms with van der Waals surface area (Å²) in [5, 5.41) is 5.30. The molecule has 154 valence electrons. The van der Waals surface area contributed by atoms with Crippen LogP contribution in [0, 0.1) is 0 Å². The molecule has 0 fully saturated rings. The highest BCUT2D eigenvalue weighted by Crippen LogP contribution is 2.21. The molecular formula is C22H27N3O3S. The summed E-state index contributed by atoms with van der Waals surface area (Å²) in [6.07, 6.45) is 2.71. The summed E-state index contributed by atoms with van der Waals surface area (Å²) in [6, 6.07) is 17.8. The largest absolute Gasteiger partial charge is 0.444 e. The highest BCUT2D eigenvalue weighted by atomic mass is 32.2. The Bertz CT molecular complexity index is 815. The average molecular weight is 414 g/mol. The van der Waals surface area contributed by atoms with Crippen LogP contribution in [-0.4, -0.2) is 30.7 Å². The quantitative estimate of drug-likeness (QED) is 0.338. The normalized spacial score (nSPS) is 11.1. The molecule has 0 radical (unpaired) electrons. The summed E-state index contributed by atoms with van der Waals surface area (Å²) in [5.74, 6) is -0.224. The fourth-order valence-corrected chi connectivity index (χ4v) is 2.83. The highest BCUT2D eigenvalue weighted by Gasteiger charge is 2.15. The van der Waals surface area contributed by atoms with Crippen molar-refractivity contribution >= 4 is 35.7 Å². The molecule has 0 spiro atoms. The van der Waals surface area contributed by atoms with Gasteiger partial charge in [-0.15, -0.1) is 0 Å². The number of ether oxygens (including phenoxy) is 1. The second kappa shape index (κ2) is 11.2. The first-order valence-corrected chi connectivity index (χ1v) is 10.1. The molecule has 2 rings (SSSR count). The van der Waals surface area contributed by atoms with Crippen molar-refractivity contribution in [3.63, 3.8) is 0 Å². The Morgan fingerprint density at radius 2 is 1.62 bits per heavy atom. The van der Waals surface area contributed by atoms with Crippen LogP contribution < -0.4 is 15.4 Å². The second-order valence-electron chi connectivity index (χ2n) is 7.19. The molecule has 2 aromatic rings. The zero-order chi connectivity index (χ0) is 21.1. The van der Waals surface area contributed by atoms with Crippen LogP contribution in [0.3, 0.4) is 0 Å². The summed E-state index contributed by atoms with van der Waals surface area (Å²) >= 11 is 1.54. The molecule has 7 heteroatoms. The maximum Gasteiger partial charge on any atom is 0.407 e. The smallest absolute Gasteiger partial charge is 0.407 e. The summed E-state index contributed by atoms with van der Waals surface area (Å²) in [5.41, 5.74) is 1.36. The van der Waals surface area contributed by atoms with E-state index in [2.05, 4.69) is 15.4 Å². The zero-order valence-electron chi connectivity index (χ0n) is 16.9. The van der Waals surface area contributed by atoms with Crippen molar-refractivity contribution in [2.75, 3.05) is 17.8 Å². The van der Waals surface area contributed by atoms with Crippen molar-refractivity contribution in [2.45, 2.75) is 31.3 Å². The van der Waals surface area contributed by atoms with Gasteiger partial charge >= 0.3 is 6.09 Å². The minimum Gasteiger partial charge on any atom is -0.444 e. The van der Waals surface area contributed by atoms with Gasteiger partial charge in [-0.3, -0.25) is 4.79 Å². The van der Waals surface area contributed by atoms with Crippen LogP contribution in [0.15, 0.2) is 65.6 Å². The number of carbonyl (C=O) groups is 2. The van der Waals surface area contributed by atoms with Gasteiger partial charge < -0.3 is 20.1 Å². The zero-order valence-corrected chi connectivity index (χ0v) is 17.7. The van der Waals surface area contributed by atoms with Gasteiger partial charge in [0.05, 0.1) is 0 Å². The first kappa shape index (κ1) is 22.4. The molecule has 0 aliphatic rings.